The minimum Gasteiger partial charge on any atom is -0.380 e. The first kappa shape index (κ1) is 19.3. The Morgan fingerprint density at radius 2 is 1.17 bits per heavy atom. The highest BCUT2D eigenvalue weighted by Crippen LogP contribution is 2.24. The normalized spacial score (nSPS) is 25.9. The zero-order valence-corrected chi connectivity index (χ0v) is 16.8. The molecule has 6 nitrogen and oxygen atoms in total. The van der Waals surface area contributed by atoms with Crippen LogP contribution in [0.2, 0.25) is 0 Å². The number of rotatable bonds is 7. The van der Waals surface area contributed by atoms with Crippen molar-refractivity contribution in [1.82, 2.24) is 10.6 Å². The van der Waals surface area contributed by atoms with Gasteiger partial charge in [-0.1, -0.05) is 48.5 Å². The highest BCUT2D eigenvalue weighted by Gasteiger charge is 2.33. The van der Waals surface area contributed by atoms with Crippen LogP contribution >= 0.6 is 0 Å². The van der Waals surface area contributed by atoms with Gasteiger partial charge in [0.1, 0.15) is 12.1 Å². The van der Waals surface area contributed by atoms with Crippen molar-refractivity contribution in [3.8, 4) is 0 Å². The van der Waals surface area contributed by atoms with E-state index in [9.17, 15) is 9.59 Å². The van der Waals surface area contributed by atoms with Crippen LogP contribution in [0.25, 0.3) is 0 Å². The fourth-order valence-corrected chi connectivity index (χ4v) is 4.05. The Morgan fingerprint density at radius 3 is 1.60 bits per heavy atom. The maximum atomic E-state index is 12.6. The van der Waals surface area contributed by atoms with Gasteiger partial charge in [-0.05, 0) is 22.3 Å². The topological polar surface area (TPSA) is 80.0 Å². The van der Waals surface area contributed by atoms with E-state index in [1.165, 1.54) is 11.1 Å². The van der Waals surface area contributed by atoms with E-state index in [0.29, 0.717) is 24.9 Å². The summed E-state index contributed by atoms with van der Waals surface area (Å²) in [5, 5.41) is 5.81. The van der Waals surface area contributed by atoms with Crippen LogP contribution in [0, 0.1) is 0 Å². The highest BCUT2D eigenvalue weighted by molar-refractivity contribution is 5.97. The third kappa shape index (κ3) is 4.40. The molecule has 3 fully saturated rings. The van der Waals surface area contributed by atoms with Crippen molar-refractivity contribution in [2.75, 3.05) is 19.8 Å². The molecular weight excluding hydrogens is 380 g/mol. The van der Waals surface area contributed by atoms with Crippen LogP contribution in [-0.2, 0) is 38.3 Å². The molecule has 0 spiro atoms. The molecule has 0 aliphatic carbocycles. The predicted molar refractivity (Wildman–Crippen MR) is 111 cm³/mol. The Morgan fingerprint density at radius 1 is 0.700 bits per heavy atom. The molecule has 3 atom stereocenters. The summed E-state index contributed by atoms with van der Waals surface area (Å²) >= 11 is 0. The van der Waals surface area contributed by atoms with Crippen LogP contribution in [0.4, 0.5) is 0 Å². The highest BCUT2D eigenvalue weighted by atomic mass is 16.6. The fourth-order valence-electron chi connectivity index (χ4n) is 4.05. The van der Waals surface area contributed by atoms with Crippen LogP contribution in [0.3, 0.4) is 0 Å². The number of ether oxygens (including phenoxy) is 2. The van der Waals surface area contributed by atoms with Gasteiger partial charge in [0.2, 0.25) is 11.8 Å². The van der Waals surface area contributed by atoms with Crippen LogP contribution in [-0.4, -0.2) is 49.8 Å². The molecule has 3 heterocycles. The molecule has 5 rings (SSSR count). The van der Waals surface area contributed by atoms with Gasteiger partial charge < -0.3 is 20.1 Å². The molecule has 3 aliphatic rings. The lowest BCUT2D eigenvalue weighted by atomic mass is 9.94. The number of nitrogens with one attached hydrogen (secondary N) is 2. The number of carbonyl (C=O) groups excluding carboxylic acids is 2. The van der Waals surface area contributed by atoms with Gasteiger partial charge in [-0.2, -0.15) is 0 Å². The van der Waals surface area contributed by atoms with Crippen molar-refractivity contribution in [2.45, 2.75) is 43.4 Å². The van der Waals surface area contributed by atoms with Crippen LogP contribution in [0.1, 0.15) is 28.2 Å². The van der Waals surface area contributed by atoms with Gasteiger partial charge in [0.25, 0.3) is 0 Å². The maximum absolute atomic E-state index is 12.6. The van der Waals surface area contributed by atoms with Gasteiger partial charge in [0, 0.05) is 25.2 Å². The molecule has 3 aliphatic heterocycles. The van der Waals surface area contributed by atoms with Gasteiger partial charge in [-0.3, -0.25) is 9.59 Å². The minimum atomic E-state index is -0.535. The average Bonchev–Trinajstić information content (AvgIpc) is 3.51. The summed E-state index contributed by atoms with van der Waals surface area (Å²) in [5.74, 6) is 0.227. The lowest BCUT2D eigenvalue weighted by molar-refractivity contribution is -0.136. The molecular formula is C24H26N2O4. The first-order chi connectivity index (χ1) is 14.6. The molecule has 0 bridgehead atoms. The van der Waals surface area contributed by atoms with Gasteiger partial charge in [0.15, 0.2) is 0 Å². The van der Waals surface area contributed by atoms with E-state index >= 15 is 0 Å². The second-order valence-corrected chi connectivity index (χ2v) is 8.48. The smallest absolute Gasteiger partial charge is 0.243 e. The molecule has 6 heteroatoms. The quantitative estimate of drug-likeness (QED) is 0.683. The lowest BCUT2D eigenvalue weighted by Crippen LogP contribution is -2.62. The molecule has 0 saturated carbocycles. The van der Waals surface area contributed by atoms with Crippen LogP contribution in [0.15, 0.2) is 48.5 Å². The number of carbonyl (C=O) groups is 2. The van der Waals surface area contributed by atoms with E-state index < -0.39 is 12.1 Å². The van der Waals surface area contributed by atoms with Crippen molar-refractivity contribution in [1.29, 1.82) is 0 Å². The lowest BCUT2D eigenvalue weighted by Gasteiger charge is -2.30. The molecule has 0 radical (unpaired) electrons. The second kappa shape index (κ2) is 8.20. The summed E-state index contributed by atoms with van der Waals surface area (Å²) in [6.07, 6.45) is 2.27. The van der Waals surface area contributed by atoms with Crippen molar-refractivity contribution in [2.24, 2.45) is 0 Å². The molecule has 2 N–H and O–H groups in total. The number of benzene rings is 2. The number of hydrogen-bond acceptors (Lipinski definition) is 4. The third-order valence-electron chi connectivity index (χ3n) is 6.12. The van der Waals surface area contributed by atoms with Gasteiger partial charge >= 0.3 is 0 Å². The SMILES string of the molecule is O=C1NC(Cc2ccc(C3COC3)cc2)C(=O)NC1Cc1ccc(CC2CO2)cc1. The first-order valence-electron chi connectivity index (χ1n) is 10.6. The summed E-state index contributed by atoms with van der Waals surface area (Å²) in [4.78, 5) is 25.2. The number of piperazine rings is 1. The molecule has 3 saturated heterocycles. The van der Waals surface area contributed by atoms with E-state index in [0.717, 1.165) is 37.4 Å². The van der Waals surface area contributed by atoms with E-state index in [2.05, 4.69) is 34.9 Å². The van der Waals surface area contributed by atoms with Crippen LogP contribution < -0.4 is 10.6 Å². The number of epoxide rings is 1. The Hall–Kier alpha value is -2.70. The number of amides is 2. The molecule has 0 aromatic heterocycles. The number of hydrogen-bond donors (Lipinski definition) is 2. The zero-order chi connectivity index (χ0) is 20.5. The molecule has 30 heavy (non-hydrogen) atoms. The van der Waals surface area contributed by atoms with Crippen molar-refractivity contribution in [3.63, 3.8) is 0 Å². The summed E-state index contributed by atoms with van der Waals surface area (Å²) in [5.41, 5.74) is 4.56. The molecule has 2 amide bonds. The third-order valence-corrected chi connectivity index (χ3v) is 6.12. The monoisotopic (exact) mass is 406 g/mol. The van der Waals surface area contributed by atoms with Gasteiger partial charge in [-0.25, -0.2) is 0 Å². The second-order valence-electron chi connectivity index (χ2n) is 8.48. The van der Waals surface area contributed by atoms with Gasteiger partial charge in [-0.15, -0.1) is 0 Å². The fraction of sp³-hybridized carbons (Fsp3) is 0.417. The van der Waals surface area contributed by atoms with E-state index in [4.69, 9.17) is 9.47 Å². The van der Waals surface area contributed by atoms with E-state index in [1.807, 2.05) is 24.3 Å². The Kier molecular flexibility index (Phi) is 5.27. The van der Waals surface area contributed by atoms with E-state index in [1.54, 1.807) is 0 Å². The van der Waals surface area contributed by atoms with E-state index in [-0.39, 0.29) is 11.8 Å². The average molecular weight is 406 g/mol. The largest absolute Gasteiger partial charge is 0.380 e. The zero-order valence-electron chi connectivity index (χ0n) is 16.8. The molecule has 2 aromatic carbocycles. The minimum absolute atomic E-state index is 0.126. The Labute approximate surface area is 176 Å². The van der Waals surface area contributed by atoms with Crippen LogP contribution in [0.5, 0.6) is 0 Å². The summed E-state index contributed by atoms with van der Waals surface area (Å²) in [6.45, 7) is 2.40. The van der Waals surface area contributed by atoms with Gasteiger partial charge in [0.05, 0.1) is 25.9 Å². The maximum Gasteiger partial charge on any atom is 0.243 e. The molecule has 2 aromatic rings. The summed E-state index contributed by atoms with van der Waals surface area (Å²) < 4.78 is 10.5. The Bertz CT molecular complexity index is 917. The molecule has 156 valence electrons. The predicted octanol–water partition coefficient (Wildman–Crippen LogP) is 1.51. The standard InChI is InChI=1S/C24H26N2O4/c27-23-21(10-16-3-1-15(2-4-16)9-20-14-30-20)25-24(28)22(26-23)11-17-5-7-18(8-6-17)19-12-29-13-19/h1-8,19-22H,9-14H2,(H,25,28)(H,26,27). The Balaban J connectivity index is 1.16. The summed E-state index contributed by atoms with van der Waals surface area (Å²) in [6, 6.07) is 15.4. The molecule has 3 unspecified atom stereocenters. The van der Waals surface area contributed by atoms with Crippen molar-refractivity contribution in [3.05, 3.63) is 70.8 Å². The van der Waals surface area contributed by atoms with Crippen molar-refractivity contribution < 1.29 is 19.1 Å². The summed E-state index contributed by atoms with van der Waals surface area (Å²) in [7, 11) is 0. The van der Waals surface area contributed by atoms with Crippen molar-refractivity contribution >= 4 is 11.8 Å². The first-order valence-corrected chi connectivity index (χ1v) is 10.6.